The summed E-state index contributed by atoms with van der Waals surface area (Å²) >= 11 is 0. The highest BCUT2D eigenvalue weighted by molar-refractivity contribution is 5.38. The monoisotopic (exact) mass is 426 g/mol. The summed E-state index contributed by atoms with van der Waals surface area (Å²) in [7, 11) is 0. The third-order valence-electron chi connectivity index (χ3n) is 6.00. The van der Waals surface area contributed by atoms with Gasteiger partial charge in [-0.3, -0.25) is 0 Å². The Bertz CT molecular complexity index is 985. The van der Waals surface area contributed by atoms with E-state index in [4.69, 9.17) is 15.9 Å². The summed E-state index contributed by atoms with van der Waals surface area (Å²) in [5.74, 6) is 5.75. The molecule has 0 N–H and O–H groups in total. The fourth-order valence-corrected chi connectivity index (χ4v) is 3.97. The highest BCUT2D eigenvalue weighted by Gasteiger charge is 2.27. The molecule has 0 aliphatic heterocycles. The van der Waals surface area contributed by atoms with Crippen molar-refractivity contribution in [2.24, 2.45) is 0 Å². The summed E-state index contributed by atoms with van der Waals surface area (Å²) in [5.41, 5.74) is 2.21. The number of rotatable bonds is 12. The van der Waals surface area contributed by atoms with Crippen LogP contribution in [0.4, 0.5) is 0 Å². The zero-order chi connectivity index (χ0) is 22.7. The van der Waals surface area contributed by atoms with E-state index in [0.717, 1.165) is 62.4 Å². The van der Waals surface area contributed by atoms with E-state index in [0.29, 0.717) is 0 Å². The molecule has 2 heteroatoms. The first kappa shape index (κ1) is 23.5. The predicted octanol–water partition coefficient (Wildman–Crippen LogP) is 7.96. The Morgan fingerprint density at radius 3 is 2.25 bits per heavy atom. The van der Waals surface area contributed by atoms with Crippen molar-refractivity contribution in [3.8, 4) is 29.6 Å². The van der Waals surface area contributed by atoms with Crippen LogP contribution in [-0.2, 0) is 11.8 Å². The van der Waals surface area contributed by atoms with E-state index in [-0.39, 0.29) is 5.41 Å². The van der Waals surface area contributed by atoms with Crippen molar-refractivity contribution in [1.82, 2.24) is 0 Å². The quantitative estimate of drug-likeness (QED) is 0.216. The molecule has 0 fully saturated rings. The number of para-hydroxylation sites is 1. The molecule has 0 heterocycles. The minimum atomic E-state index is -0.250. The maximum absolute atomic E-state index is 6.07. The van der Waals surface area contributed by atoms with E-state index in [9.17, 15) is 0 Å². The summed E-state index contributed by atoms with van der Waals surface area (Å²) in [5, 5.41) is 0. The minimum Gasteiger partial charge on any atom is -0.494 e. The van der Waals surface area contributed by atoms with Gasteiger partial charge in [0.25, 0.3) is 0 Å². The summed E-state index contributed by atoms with van der Waals surface area (Å²) in [6.07, 6.45) is 12.1. The molecule has 2 nitrogen and oxygen atoms in total. The second-order valence-electron chi connectivity index (χ2n) is 8.22. The zero-order valence-corrected chi connectivity index (χ0v) is 19.3. The zero-order valence-electron chi connectivity index (χ0n) is 19.3. The average Bonchev–Trinajstić information content (AvgIpc) is 2.84. The fourth-order valence-electron chi connectivity index (χ4n) is 3.97. The Morgan fingerprint density at radius 1 is 0.812 bits per heavy atom. The number of unbranched alkanes of at least 4 members (excludes halogenated alkanes) is 1. The summed E-state index contributed by atoms with van der Waals surface area (Å²) in [6, 6.07) is 26.6. The van der Waals surface area contributed by atoms with Gasteiger partial charge in [0.2, 0.25) is 0 Å². The number of aryl methyl sites for hydroxylation is 1. The molecule has 32 heavy (non-hydrogen) atoms. The third kappa shape index (κ3) is 6.41. The largest absolute Gasteiger partial charge is 0.494 e. The van der Waals surface area contributed by atoms with Gasteiger partial charge in [0.1, 0.15) is 17.2 Å². The van der Waals surface area contributed by atoms with Crippen molar-refractivity contribution >= 4 is 0 Å². The van der Waals surface area contributed by atoms with Crippen LogP contribution in [-0.4, -0.2) is 6.61 Å². The summed E-state index contributed by atoms with van der Waals surface area (Å²) < 4.78 is 11.8. The highest BCUT2D eigenvalue weighted by atomic mass is 16.5. The lowest BCUT2D eigenvalue weighted by atomic mass is 9.75. The number of terminal acetylenes is 1. The number of benzene rings is 3. The first-order valence-corrected chi connectivity index (χ1v) is 11.7. The standard InChI is InChI=1S/C30H34O2/c1-4-7-23-31-27-20-18-26(19-21-27)30(5-2,6-3)22-12-14-25-13-11-17-29(24-25)32-28-15-9-8-10-16-28/h2,8-11,13,15-21,24H,4,6-7,12,14,22-23H2,1,3H3. The molecule has 3 rings (SSSR count). The summed E-state index contributed by atoms with van der Waals surface area (Å²) in [4.78, 5) is 0. The SMILES string of the molecule is C#CC(CC)(CCCc1cccc(Oc2ccccc2)c1)c1ccc(OCCCC)cc1. The van der Waals surface area contributed by atoms with Gasteiger partial charge < -0.3 is 9.47 Å². The number of ether oxygens (including phenoxy) is 2. The average molecular weight is 427 g/mol. The van der Waals surface area contributed by atoms with Gasteiger partial charge >= 0.3 is 0 Å². The van der Waals surface area contributed by atoms with Gasteiger partial charge in [-0.25, -0.2) is 0 Å². The van der Waals surface area contributed by atoms with E-state index in [1.807, 2.05) is 36.4 Å². The van der Waals surface area contributed by atoms with Crippen LogP contribution in [0.1, 0.15) is 57.1 Å². The molecule has 1 atom stereocenters. The van der Waals surface area contributed by atoms with Gasteiger partial charge in [0, 0.05) is 0 Å². The second kappa shape index (κ2) is 12.0. The molecule has 0 saturated heterocycles. The van der Waals surface area contributed by atoms with Crippen molar-refractivity contribution in [3.63, 3.8) is 0 Å². The van der Waals surface area contributed by atoms with E-state index in [1.54, 1.807) is 0 Å². The maximum atomic E-state index is 6.07. The molecular weight excluding hydrogens is 392 g/mol. The molecule has 0 amide bonds. The molecule has 0 aliphatic rings. The predicted molar refractivity (Wildman–Crippen MR) is 134 cm³/mol. The van der Waals surface area contributed by atoms with Gasteiger partial charge in [-0.2, -0.15) is 0 Å². The van der Waals surface area contributed by atoms with Crippen LogP contribution in [0.15, 0.2) is 78.9 Å². The van der Waals surface area contributed by atoms with Crippen LogP contribution in [0.2, 0.25) is 0 Å². The molecule has 166 valence electrons. The normalized spacial score (nSPS) is 12.5. The van der Waals surface area contributed by atoms with Crippen molar-refractivity contribution in [2.75, 3.05) is 6.61 Å². The Labute approximate surface area is 193 Å². The van der Waals surface area contributed by atoms with Crippen LogP contribution in [0.5, 0.6) is 17.2 Å². The lowest BCUT2D eigenvalue weighted by Crippen LogP contribution is -2.23. The van der Waals surface area contributed by atoms with Crippen molar-refractivity contribution in [3.05, 3.63) is 90.0 Å². The van der Waals surface area contributed by atoms with Crippen molar-refractivity contribution < 1.29 is 9.47 Å². The Balaban J connectivity index is 1.61. The van der Waals surface area contributed by atoms with Crippen LogP contribution < -0.4 is 9.47 Å². The molecule has 0 radical (unpaired) electrons. The lowest BCUT2D eigenvalue weighted by molar-refractivity contribution is 0.309. The maximum Gasteiger partial charge on any atom is 0.127 e. The van der Waals surface area contributed by atoms with Crippen LogP contribution >= 0.6 is 0 Å². The Hall–Kier alpha value is -3.18. The molecule has 0 aliphatic carbocycles. The van der Waals surface area contributed by atoms with E-state index in [2.05, 4.69) is 62.2 Å². The topological polar surface area (TPSA) is 18.5 Å². The van der Waals surface area contributed by atoms with E-state index in [1.165, 1.54) is 11.1 Å². The molecule has 1 unspecified atom stereocenters. The Morgan fingerprint density at radius 2 is 1.56 bits per heavy atom. The molecule has 3 aromatic carbocycles. The first-order valence-electron chi connectivity index (χ1n) is 11.7. The van der Waals surface area contributed by atoms with Gasteiger partial charge in [-0.05, 0) is 79.6 Å². The van der Waals surface area contributed by atoms with Gasteiger partial charge in [0.15, 0.2) is 0 Å². The van der Waals surface area contributed by atoms with Crippen LogP contribution in [0.25, 0.3) is 0 Å². The van der Waals surface area contributed by atoms with E-state index >= 15 is 0 Å². The second-order valence-corrected chi connectivity index (χ2v) is 8.22. The molecule has 3 aromatic rings. The van der Waals surface area contributed by atoms with Crippen molar-refractivity contribution in [2.45, 2.75) is 57.8 Å². The third-order valence-corrected chi connectivity index (χ3v) is 6.00. The smallest absolute Gasteiger partial charge is 0.127 e. The Kier molecular flexibility index (Phi) is 8.81. The highest BCUT2D eigenvalue weighted by Crippen LogP contribution is 2.34. The first-order chi connectivity index (χ1) is 15.7. The van der Waals surface area contributed by atoms with Gasteiger partial charge in [0.05, 0.1) is 12.0 Å². The van der Waals surface area contributed by atoms with Gasteiger partial charge in [-0.1, -0.05) is 68.7 Å². The molecule has 0 saturated carbocycles. The molecule has 0 bridgehead atoms. The number of hydrogen-bond donors (Lipinski definition) is 0. The molecule has 0 spiro atoms. The molecule has 0 aromatic heterocycles. The van der Waals surface area contributed by atoms with E-state index < -0.39 is 0 Å². The van der Waals surface area contributed by atoms with Crippen LogP contribution in [0, 0.1) is 12.3 Å². The van der Waals surface area contributed by atoms with Gasteiger partial charge in [-0.15, -0.1) is 6.42 Å². The van der Waals surface area contributed by atoms with Crippen molar-refractivity contribution in [1.29, 1.82) is 0 Å². The summed E-state index contributed by atoms with van der Waals surface area (Å²) in [6.45, 7) is 5.11. The van der Waals surface area contributed by atoms with Crippen LogP contribution in [0.3, 0.4) is 0 Å². The number of hydrogen-bond acceptors (Lipinski definition) is 2. The fraction of sp³-hybridized carbons (Fsp3) is 0.333. The minimum absolute atomic E-state index is 0.250. The molecular formula is C30H34O2. The lowest BCUT2D eigenvalue weighted by Gasteiger charge is -2.28.